The number of nitrogens with one attached hydrogen (secondary N) is 1. The van der Waals surface area contributed by atoms with Gasteiger partial charge in [0.2, 0.25) is 0 Å². The zero-order valence-corrected chi connectivity index (χ0v) is 11.4. The Kier molecular flexibility index (Phi) is 5.09. The van der Waals surface area contributed by atoms with Gasteiger partial charge in [-0.05, 0) is 26.2 Å². The zero-order chi connectivity index (χ0) is 12.2. The van der Waals surface area contributed by atoms with E-state index in [-0.39, 0.29) is 15.6 Å². The lowest BCUT2D eigenvalue weighted by Crippen LogP contribution is -2.31. The molecule has 0 saturated heterocycles. The van der Waals surface area contributed by atoms with Crippen LogP contribution in [0.1, 0.15) is 19.4 Å². The fourth-order valence-corrected chi connectivity index (χ4v) is 1.70. The molecule has 0 spiro atoms. The summed E-state index contributed by atoms with van der Waals surface area (Å²) in [5.41, 5.74) is 0.615. The van der Waals surface area contributed by atoms with E-state index >= 15 is 0 Å². The quantitative estimate of drug-likeness (QED) is 0.867. The fourth-order valence-electron chi connectivity index (χ4n) is 1.26. The first-order valence-electron chi connectivity index (χ1n) is 5.15. The second-order valence-corrected chi connectivity index (χ2v) is 6.20. The van der Waals surface area contributed by atoms with Crippen molar-refractivity contribution in [2.24, 2.45) is 0 Å². The van der Waals surface area contributed by atoms with Gasteiger partial charge in [-0.1, -0.05) is 23.7 Å². The lowest BCUT2D eigenvalue weighted by Gasteiger charge is -2.22. The lowest BCUT2D eigenvalue weighted by molar-refractivity contribution is 0.560. The van der Waals surface area contributed by atoms with Crippen molar-refractivity contribution in [2.45, 2.75) is 25.1 Å². The van der Waals surface area contributed by atoms with Crippen LogP contribution in [-0.4, -0.2) is 17.5 Å². The number of hydrogen-bond donors (Lipinski definition) is 1. The molecular formula is C12H17ClFNS. The molecule has 0 radical (unpaired) electrons. The molecule has 0 aliphatic carbocycles. The summed E-state index contributed by atoms with van der Waals surface area (Å²) >= 11 is 7.49. The summed E-state index contributed by atoms with van der Waals surface area (Å²) in [5, 5.41) is 3.43. The maximum absolute atomic E-state index is 13.5. The van der Waals surface area contributed by atoms with Gasteiger partial charge in [-0.15, -0.1) is 0 Å². The molecule has 0 amide bonds. The second-order valence-electron chi connectivity index (χ2n) is 4.28. The molecule has 0 saturated carbocycles. The van der Waals surface area contributed by atoms with E-state index in [2.05, 4.69) is 25.4 Å². The summed E-state index contributed by atoms with van der Waals surface area (Å²) < 4.78 is 13.7. The lowest BCUT2D eigenvalue weighted by atomic mass is 10.2. The van der Waals surface area contributed by atoms with Gasteiger partial charge in [0.1, 0.15) is 5.82 Å². The van der Waals surface area contributed by atoms with Crippen LogP contribution < -0.4 is 5.32 Å². The maximum Gasteiger partial charge on any atom is 0.146 e. The molecule has 1 N–H and O–H groups in total. The molecule has 1 nitrogen and oxygen atoms in total. The van der Waals surface area contributed by atoms with Crippen LogP contribution >= 0.6 is 23.4 Å². The average molecular weight is 262 g/mol. The SMILES string of the molecule is CSC(C)(C)CNCc1cccc(Cl)c1F. The molecular weight excluding hydrogens is 245 g/mol. The molecule has 0 unspecified atom stereocenters. The summed E-state index contributed by atoms with van der Waals surface area (Å²) in [6, 6.07) is 5.08. The summed E-state index contributed by atoms with van der Waals surface area (Å²) in [6.07, 6.45) is 2.07. The summed E-state index contributed by atoms with van der Waals surface area (Å²) in [5.74, 6) is -0.321. The van der Waals surface area contributed by atoms with Crippen molar-refractivity contribution < 1.29 is 4.39 Å². The third-order valence-corrected chi connectivity index (χ3v) is 3.99. The molecule has 0 aliphatic heterocycles. The van der Waals surface area contributed by atoms with Crippen LogP contribution in [0.15, 0.2) is 18.2 Å². The van der Waals surface area contributed by atoms with Gasteiger partial charge < -0.3 is 5.32 Å². The molecule has 0 heterocycles. The number of rotatable bonds is 5. The van der Waals surface area contributed by atoms with Crippen LogP contribution in [0.2, 0.25) is 5.02 Å². The van der Waals surface area contributed by atoms with E-state index in [1.54, 1.807) is 30.0 Å². The Morgan fingerprint density at radius 1 is 1.44 bits per heavy atom. The molecule has 1 rings (SSSR count). The molecule has 1 aromatic carbocycles. The van der Waals surface area contributed by atoms with Crippen LogP contribution in [0.3, 0.4) is 0 Å². The van der Waals surface area contributed by atoms with Crippen molar-refractivity contribution in [1.82, 2.24) is 5.32 Å². The highest BCUT2D eigenvalue weighted by Crippen LogP contribution is 2.21. The largest absolute Gasteiger partial charge is 0.311 e. The van der Waals surface area contributed by atoms with Gasteiger partial charge in [-0.3, -0.25) is 0 Å². The van der Waals surface area contributed by atoms with E-state index in [9.17, 15) is 4.39 Å². The predicted octanol–water partition coefficient (Wildman–Crippen LogP) is 3.71. The molecule has 0 atom stereocenters. The summed E-state index contributed by atoms with van der Waals surface area (Å²) in [6.45, 7) is 5.65. The standard InChI is InChI=1S/C12H17ClFNS/c1-12(2,16-3)8-15-7-9-5-4-6-10(13)11(9)14/h4-6,15H,7-8H2,1-3H3. The van der Waals surface area contributed by atoms with Gasteiger partial charge >= 0.3 is 0 Å². The van der Waals surface area contributed by atoms with E-state index in [1.165, 1.54) is 0 Å². The zero-order valence-electron chi connectivity index (χ0n) is 9.81. The maximum atomic E-state index is 13.5. The van der Waals surface area contributed by atoms with Crippen molar-refractivity contribution in [3.63, 3.8) is 0 Å². The van der Waals surface area contributed by atoms with Gasteiger partial charge in [0, 0.05) is 23.4 Å². The Morgan fingerprint density at radius 3 is 2.75 bits per heavy atom. The smallest absolute Gasteiger partial charge is 0.146 e. The highest BCUT2D eigenvalue weighted by Gasteiger charge is 2.15. The first-order chi connectivity index (χ1) is 7.46. The minimum Gasteiger partial charge on any atom is -0.311 e. The molecule has 0 fully saturated rings. The van der Waals surface area contributed by atoms with E-state index in [0.29, 0.717) is 12.1 Å². The van der Waals surface area contributed by atoms with Gasteiger partial charge in [0.05, 0.1) is 5.02 Å². The highest BCUT2D eigenvalue weighted by atomic mass is 35.5. The van der Waals surface area contributed by atoms with Gasteiger partial charge in [0.15, 0.2) is 0 Å². The third kappa shape index (κ3) is 3.96. The normalized spacial score (nSPS) is 11.8. The van der Waals surface area contributed by atoms with Crippen molar-refractivity contribution in [3.8, 4) is 0 Å². The van der Waals surface area contributed by atoms with Crippen molar-refractivity contribution >= 4 is 23.4 Å². The van der Waals surface area contributed by atoms with Crippen LogP contribution in [0.5, 0.6) is 0 Å². The van der Waals surface area contributed by atoms with Crippen LogP contribution in [0, 0.1) is 5.82 Å². The van der Waals surface area contributed by atoms with E-state index < -0.39 is 0 Å². The molecule has 0 aliphatic rings. The number of benzene rings is 1. The third-order valence-electron chi connectivity index (χ3n) is 2.45. The minimum absolute atomic E-state index is 0.162. The second kappa shape index (κ2) is 5.89. The van der Waals surface area contributed by atoms with Crippen LogP contribution in [-0.2, 0) is 6.54 Å². The number of halogens is 2. The molecule has 0 aromatic heterocycles. The van der Waals surface area contributed by atoms with E-state index in [0.717, 1.165) is 6.54 Å². The fraction of sp³-hybridized carbons (Fsp3) is 0.500. The Bertz CT molecular complexity index is 355. The topological polar surface area (TPSA) is 12.0 Å². The van der Waals surface area contributed by atoms with Crippen molar-refractivity contribution in [1.29, 1.82) is 0 Å². The average Bonchev–Trinajstić information content (AvgIpc) is 2.24. The predicted molar refractivity (Wildman–Crippen MR) is 70.7 cm³/mol. The Balaban J connectivity index is 2.53. The van der Waals surface area contributed by atoms with Crippen molar-refractivity contribution in [3.05, 3.63) is 34.6 Å². The first-order valence-corrected chi connectivity index (χ1v) is 6.75. The van der Waals surface area contributed by atoms with Crippen LogP contribution in [0.4, 0.5) is 4.39 Å². The first kappa shape index (κ1) is 13.8. The van der Waals surface area contributed by atoms with Gasteiger partial charge in [-0.25, -0.2) is 4.39 Å². The Hall–Kier alpha value is -0.250. The van der Waals surface area contributed by atoms with Crippen LogP contribution in [0.25, 0.3) is 0 Å². The Morgan fingerprint density at radius 2 is 2.12 bits per heavy atom. The minimum atomic E-state index is -0.321. The summed E-state index contributed by atoms with van der Waals surface area (Å²) in [4.78, 5) is 0. The molecule has 16 heavy (non-hydrogen) atoms. The van der Waals surface area contributed by atoms with Gasteiger partial charge in [0.25, 0.3) is 0 Å². The summed E-state index contributed by atoms with van der Waals surface area (Å²) in [7, 11) is 0. The van der Waals surface area contributed by atoms with E-state index in [1.807, 2.05) is 0 Å². The molecule has 90 valence electrons. The monoisotopic (exact) mass is 261 g/mol. The number of hydrogen-bond acceptors (Lipinski definition) is 2. The Labute approximate surface area is 106 Å². The number of thioether (sulfide) groups is 1. The van der Waals surface area contributed by atoms with Gasteiger partial charge in [-0.2, -0.15) is 11.8 Å². The molecule has 4 heteroatoms. The van der Waals surface area contributed by atoms with E-state index in [4.69, 9.17) is 11.6 Å². The van der Waals surface area contributed by atoms with Crippen molar-refractivity contribution in [2.75, 3.05) is 12.8 Å². The molecule has 0 bridgehead atoms. The highest BCUT2D eigenvalue weighted by molar-refractivity contribution is 7.99. The molecule has 1 aromatic rings.